The Balaban J connectivity index is 1.42. The van der Waals surface area contributed by atoms with Gasteiger partial charge in [0.15, 0.2) is 6.61 Å². The Kier molecular flexibility index (Phi) is 7.81. The molecule has 0 saturated heterocycles. The number of carbonyl (C=O) groups is 1. The van der Waals surface area contributed by atoms with Gasteiger partial charge in [0.05, 0.1) is 26.6 Å². The van der Waals surface area contributed by atoms with Gasteiger partial charge in [0, 0.05) is 33.1 Å². The Labute approximate surface area is 214 Å². The molecule has 1 aromatic heterocycles. The quantitative estimate of drug-likeness (QED) is 0.168. The third-order valence-corrected chi connectivity index (χ3v) is 6.30. The van der Waals surface area contributed by atoms with Crippen LogP contribution >= 0.6 is 35.0 Å². The van der Waals surface area contributed by atoms with Crippen LogP contribution in [-0.4, -0.2) is 28.6 Å². The number of benzene rings is 3. The lowest BCUT2D eigenvalue weighted by atomic mass is 10.2. The maximum Gasteiger partial charge on any atom is 0.283 e. The molecule has 3 aromatic carbocycles. The Hall–Kier alpha value is -3.66. The molecule has 0 aliphatic rings. The summed E-state index contributed by atoms with van der Waals surface area (Å²) >= 11 is 13.1. The number of nitrogens with one attached hydrogen (secondary N) is 1. The third-order valence-electron chi connectivity index (χ3n) is 4.65. The maximum atomic E-state index is 12.0. The lowest BCUT2D eigenvalue weighted by molar-refractivity contribution is -0.387. The first-order valence-electron chi connectivity index (χ1n) is 10.1. The van der Waals surface area contributed by atoms with E-state index in [1.165, 1.54) is 30.1 Å². The molecule has 35 heavy (non-hydrogen) atoms. The monoisotopic (exact) mass is 526 g/mol. The molecule has 0 fully saturated rings. The van der Waals surface area contributed by atoms with Crippen molar-refractivity contribution in [3.63, 3.8) is 0 Å². The van der Waals surface area contributed by atoms with Crippen LogP contribution in [0.25, 0.3) is 10.9 Å². The number of pyridine rings is 1. The van der Waals surface area contributed by atoms with Gasteiger partial charge in [-0.2, -0.15) is 5.10 Å². The van der Waals surface area contributed by atoms with Gasteiger partial charge in [0.1, 0.15) is 5.75 Å². The second-order valence-electron chi connectivity index (χ2n) is 7.07. The molecule has 8 nitrogen and oxygen atoms in total. The number of nitro groups is 1. The van der Waals surface area contributed by atoms with E-state index in [-0.39, 0.29) is 17.3 Å². The zero-order valence-corrected chi connectivity index (χ0v) is 20.2. The first-order valence-corrected chi connectivity index (χ1v) is 11.7. The first-order chi connectivity index (χ1) is 16.9. The topological polar surface area (TPSA) is 107 Å². The summed E-state index contributed by atoms with van der Waals surface area (Å²) in [4.78, 5) is 28.9. The lowest BCUT2D eigenvalue weighted by Gasteiger charge is -2.07. The number of hydrogen-bond donors (Lipinski definition) is 1. The number of hydrazone groups is 1. The van der Waals surface area contributed by atoms with Crippen molar-refractivity contribution in [3.8, 4) is 5.75 Å². The standard InChI is InChI=1S/C24H16Cl2N4O4S/c25-17-7-8-20(18(26)12-17)34-14-23(31)29-28-13-15-6-9-21(19(11-15)30(32)33)35-22-5-1-3-16-4-2-10-27-24(16)22/h1-13H,14H2,(H,29,31)/b28-13-. The predicted molar refractivity (Wildman–Crippen MR) is 137 cm³/mol. The molecule has 0 radical (unpaired) electrons. The minimum atomic E-state index is -0.530. The van der Waals surface area contributed by atoms with Crippen molar-refractivity contribution in [2.24, 2.45) is 5.10 Å². The number of halogens is 2. The molecule has 4 rings (SSSR count). The minimum Gasteiger partial charge on any atom is -0.482 e. The van der Waals surface area contributed by atoms with Gasteiger partial charge in [-0.25, -0.2) is 5.43 Å². The number of rotatable bonds is 8. The zero-order chi connectivity index (χ0) is 24.8. The van der Waals surface area contributed by atoms with E-state index in [4.69, 9.17) is 27.9 Å². The van der Waals surface area contributed by atoms with Crippen molar-refractivity contribution in [2.45, 2.75) is 9.79 Å². The number of fused-ring (bicyclic) bond motifs is 1. The van der Waals surface area contributed by atoms with Crippen LogP contribution < -0.4 is 10.2 Å². The molecule has 0 atom stereocenters. The van der Waals surface area contributed by atoms with Crippen LogP contribution in [0.2, 0.25) is 10.0 Å². The largest absolute Gasteiger partial charge is 0.482 e. The van der Waals surface area contributed by atoms with Gasteiger partial charge in [-0.1, -0.05) is 59.2 Å². The van der Waals surface area contributed by atoms with E-state index in [1.54, 1.807) is 30.5 Å². The predicted octanol–water partition coefficient (Wildman–Crippen LogP) is 6.13. The number of para-hydroxylation sites is 1. The number of amides is 1. The molecule has 0 aliphatic heterocycles. The highest BCUT2D eigenvalue weighted by Gasteiger charge is 2.17. The Morgan fingerprint density at radius 1 is 1.11 bits per heavy atom. The van der Waals surface area contributed by atoms with Crippen molar-refractivity contribution in [1.82, 2.24) is 10.4 Å². The fraction of sp³-hybridized carbons (Fsp3) is 0.0417. The van der Waals surface area contributed by atoms with Gasteiger partial charge < -0.3 is 4.74 Å². The highest BCUT2D eigenvalue weighted by Crippen LogP contribution is 2.37. The molecule has 0 aliphatic carbocycles. The highest BCUT2D eigenvalue weighted by atomic mass is 35.5. The molecule has 4 aromatic rings. The van der Waals surface area contributed by atoms with Crippen molar-refractivity contribution in [1.29, 1.82) is 0 Å². The minimum absolute atomic E-state index is 0.0843. The molecule has 176 valence electrons. The van der Waals surface area contributed by atoms with E-state index in [0.29, 0.717) is 21.2 Å². The van der Waals surface area contributed by atoms with Crippen LogP contribution in [-0.2, 0) is 4.79 Å². The van der Waals surface area contributed by atoms with Crippen molar-refractivity contribution >= 4 is 63.7 Å². The van der Waals surface area contributed by atoms with Crippen LogP contribution in [0.1, 0.15) is 5.56 Å². The normalized spacial score (nSPS) is 11.0. The average Bonchev–Trinajstić information content (AvgIpc) is 2.84. The summed E-state index contributed by atoms with van der Waals surface area (Å²) in [7, 11) is 0. The molecular weight excluding hydrogens is 511 g/mol. The number of carbonyl (C=O) groups excluding carboxylic acids is 1. The SMILES string of the molecule is O=C(COc1ccc(Cl)cc1Cl)N/N=C\c1ccc(Sc2cccc3cccnc23)c([N+](=O)[O-])c1. The number of nitro benzene ring substituents is 1. The van der Waals surface area contributed by atoms with Gasteiger partial charge in [-0.05, 0) is 36.4 Å². The molecular formula is C24H16Cl2N4O4S. The van der Waals surface area contributed by atoms with E-state index in [1.807, 2.05) is 30.3 Å². The van der Waals surface area contributed by atoms with Gasteiger partial charge in [0.2, 0.25) is 0 Å². The van der Waals surface area contributed by atoms with Gasteiger partial charge in [-0.3, -0.25) is 19.9 Å². The summed E-state index contributed by atoms with van der Waals surface area (Å²) in [6, 6.07) is 18.8. The smallest absolute Gasteiger partial charge is 0.283 e. The molecule has 1 amide bonds. The summed E-state index contributed by atoms with van der Waals surface area (Å²) in [5.41, 5.74) is 3.44. The van der Waals surface area contributed by atoms with E-state index in [0.717, 1.165) is 15.8 Å². The van der Waals surface area contributed by atoms with Gasteiger partial charge in [-0.15, -0.1) is 0 Å². The molecule has 0 saturated carbocycles. The number of nitrogens with zero attached hydrogens (tertiary/aromatic N) is 3. The summed E-state index contributed by atoms with van der Waals surface area (Å²) in [5.74, 6) is -0.224. The van der Waals surface area contributed by atoms with Crippen LogP contribution in [0.3, 0.4) is 0 Å². The first kappa shape index (κ1) is 24.5. The van der Waals surface area contributed by atoms with E-state index >= 15 is 0 Å². The molecule has 0 unspecified atom stereocenters. The second kappa shape index (κ2) is 11.2. The summed E-state index contributed by atoms with van der Waals surface area (Å²) in [6.45, 7) is -0.326. The van der Waals surface area contributed by atoms with Crippen molar-refractivity contribution < 1.29 is 14.5 Å². The number of hydrogen-bond acceptors (Lipinski definition) is 7. The van der Waals surface area contributed by atoms with Crippen LogP contribution in [0.4, 0.5) is 5.69 Å². The number of aromatic nitrogens is 1. The summed E-state index contributed by atoms with van der Waals surface area (Å²) in [6.07, 6.45) is 3.00. The Morgan fingerprint density at radius 2 is 1.94 bits per heavy atom. The van der Waals surface area contributed by atoms with E-state index in [9.17, 15) is 14.9 Å². The van der Waals surface area contributed by atoms with E-state index in [2.05, 4.69) is 15.5 Å². The fourth-order valence-electron chi connectivity index (χ4n) is 3.07. The highest BCUT2D eigenvalue weighted by molar-refractivity contribution is 7.99. The molecule has 11 heteroatoms. The molecule has 1 N–H and O–H groups in total. The van der Waals surface area contributed by atoms with Gasteiger partial charge >= 0.3 is 0 Å². The molecule has 0 bridgehead atoms. The van der Waals surface area contributed by atoms with Gasteiger partial charge in [0.25, 0.3) is 11.6 Å². The molecule has 0 spiro atoms. The van der Waals surface area contributed by atoms with E-state index < -0.39 is 10.8 Å². The maximum absolute atomic E-state index is 12.0. The summed E-state index contributed by atoms with van der Waals surface area (Å²) < 4.78 is 5.34. The molecule has 1 heterocycles. The Bertz CT molecular complexity index is 1440. The second-order valence-corrected chi connectivity index (χ2v) is 9.00. The van der Waals surface area contributed by atoms with Crippen LogP contribution in [0.5, 0.6) is 5.75 Å². The third kappa shape index (κ3) is 6.27. The Morgan fingerprint density at radius 3 is 2.74 bits per heavy atom. The van der Waals surface area contributed by atoms with Crippen LogP contribution in [0, 0.1) is 10.1 Å². The van der Waals surface area contributed by atoms with Crippen molar-refractivity contribution in [2.75, 3.05) is 6.61 Å². The zero-order valence-electron chi connectivity index (χ0n) is 17.9. The lowest BCUT2D eigenvalue weighted by Crippen LogP contribution is -2.24. The van der Waals surface area contributed by atoms with Crippen molar-refractivity contribution in [3.05, 3.63) is 98.6 Å². The average molecular weight is 527 g/mol. The van der Waals surface area contributed by atoms with Crippen LogP contribution in [0.15, 0.2) is 87.8 Å². The summed E-state index contributed by atoms with van der Waals surface area (Å²) in [5, 5.41) is 17.2. The number of ether oxygens (including phenoxy) is 1. The fourth-order valence-corrected chi connectivity index (χ4v) is 4.56.